The van der Waals surface area contributed by atoms with Crippen molar-refractivity contribution in [3.63, 3.8) is 0 Å². The summed E-state index contributed by atoms with van der Waals surface area (Å²) in [5, 5.41) is 12.9. The predicted octanol–water partition coefficient (Wildman–Crippen LogP) is 2.14. The summed E-state index contributed by atoms with van der Waals surface area (Å²) in [6, 6.07) is 4.05. The van der Waals surface area contributed by atoms with Crippen LogP contribution in [0.25, 0.3) is 5.69 Å². The third-order valence-electron chi connectivity index (χ3n) is 2.81. The second-order valence-corrected chi connectivity index (χ2v) is 5.45. The Morgan fingerprint density at radius 2 is 2.10 bits per heavy atom. The van der Waals surface area contributed by atoms with E-state index in [1.807, 2.05) is 26.8 Å². The highest BCUT2D eigenvalue weighted by molar-refractivity contribution is 5.50. The largest absolute Gasteiger partial charge is 0.495 e. The smallest absolute Gasteiger partial charge is 0.442 e. The first-order chi connectivity index (χ1) is 9.77. The molecule has 0 unspecified atom stereocenters. The van der Waals surface area contributed by atoms with Gasteiger partial charge in [0.05, 0.1) is 12.7 Å². The number of aromatic nitrogens is 2. The molecular formula is C14H14FN3O3. The van der Waals surface area contributed by atoms with Gasteiger partial charge in [-0.15, -0.1) is 5.10 Å². The Morgan fingerprint density at radius 1 is 1.43 bits per heavy atom. The van der Waals surface area contributed by atoms with Gasteiger partial charge in [-0.1, -0.05) is 20.8 Å². The Balaban J connectivity index is 2.66. The van der Waals surface area contributed by atoms with Gasteiger partial charge in [0, 0.05) is 11.5 Å². The van der Waals surface area contributed by atoms with Crippen LogP contribution < -0.4 is 10.5 Å². The first-order valence-electron chi connectivity index (χ1n) is 6.16. The van der Waals surface area contributed by atoms with E-state index in [0.717, 1.165) is 10.7 Å². The minimum absolute atomic E-state index is 0.0336. The molecule has 0 fully saturated rings. The average molecular weight is 291 g/mol. The fourth-order valence-electron chi connectivity index (χ4n) is 1.69. The van der Waals surface area contributed by atoms with Crippen LogP contribution in [0.1, 0.15) is 32.2 Å². The summed E-state index contributed by atoms with van der Waals surface area (Å²) >= 11 is 0. The highest BCUT2D eigenvalue weighted by Crippen LogP contribution is 2.25. The Labute approximate surface area is 120 Å². The third kappa shape index (κ3) is 2.65. The van der Waals surface area contributed by atoms with Crippen LogP contribution >= 0.6 is 0 Å². The molecule has 0 aliphatic heterocycles. The minimum Gasteiger partial charge on any atom is -0.495 e. The van der Waals surface area contributed by atoms with Crippen molar-refractivity contribution in [1.29, 1.82) is 5.26 Å². The first kappa shape index (κ1) is 14.8. The summed E-state index contributed by atoms with van der Waals surface area (Å²) in [5.41, 5.74) is -0.584. The lowest BCUT2D eigenvalue weighted by atomic mass is 9.97. The number of nitriles is 1. The molecule has 0 bridgehead atoms. The standard InChI is InChI=1S/C14H14FN3O3/c1-14(2,3)12-17-18(13(19)21-12)10-6-11(20-4)8(7-16)5-9(10)15/h5-6H,1-4H3. The molecule has 0 radical (unpaired) electrons. The number of ether oxygens (including phenoxy) is 1. The molecule has 1 aromatic carbocycles. The molecule has 21 heavy (non-hydrogen) atoms. The third-order valence-corrected chi connectivity index (χ3v) is 2.81. The van der Waals surface area contributed by atoms with Gasteiger partial charge in [0.25, 0.3) is 0 Å². The van der Waals surface area contributed by atoms with Gasteiger partial charge in [-0.2, -0.15) is 9.94 Å². The second-order valence-electron chi connectivity index (χ2n) is 5.45. The summed E-state index contributed by atoms with van der Waals surface area (Å²) in [4.78, 5) is 11.9. The number of halogens is 1. The summed E-state index contributed by atoms with van der Waals surface area (Å²) in [6.45, 7) is 5.45. The maximum absolute atomic E-state index is 14.1. The van der Waals surface area contributed by atoms with Crippen LogP contribution in [0.3, 0.4) is 0 Å². The lowest BCUT2D eigenvalue weighted by Crippen LogP contribution is -2.16. The Hall–Kier alpha value is -2.62. The number of rotatable bonds is 2. The van der Waals surface area contributed by atoms with Gasteiger partial charge in [0.2, 0.25) is 5.89 Å². The van der Waals surface area contributed by atoms with Crippen LogP contribution in [0.15, 0.2) is 21.3 Å². The highest BCUT2D eigenvalue weighted by atomic mass is 19.1. The van der Waals surface area contributed by atoms with E-state index in [4.69, 9.17) is 14.4 Å². The number of methoxy groups -OCH3 is 1. The topological polar surface area (TPSA) is 81.0 Å². The van der Waals surface area contributed by atoms with Crippen LogP contribution in [0.5, 0.6) is 5.75 Å². The van der Waals surface area contributed by atoms with E-state index in [0.29, 0.717) is 0 Å². The van der Waals surface area contributed by atoms with E-state index in [1.54, 1.807) is 0 Å². The number of benzene rings is 1. The summed E-state index contributed by atoms with van der Waals surface area (Å²) in [7, 11) is 1.35. The first-order valence-corrected chi connectivity index (χ1v) is 6.16. The molecule has 1 heterocycles. The molecular weight excluding hydrogens is 277 g/mol. The van der Waals surface area contributed by atoms with Crippen molar-refractivity contribution in [2.75, 3.05) is 7.11 Å². The number of hydrogen-bond acceptors (Lipinski definition) is 5. The Kier molecular flexibility index (Phi) is 3.56. The van der Waals surface area contributed by atoms with Gasteiger partial charge < -0.3 is 9.15 Å². The minimum atomic E-state index is -0.800. The SMILES string of the molecule is COc1cc(-n2nc(C(C)(C)C)oc2=O)c(F)cc1C#N. The van der Waals surface area contributed by atoms with Crippen molar-refractivity contribution < 1.29 is 13.5 Å². The van der Waals surface area contributed by atoms with Gasteiger partial charge in [0.15, 0.2) is 5.82 Å². The van der Waals surface area contributed by atoms with Gasteiger partial charge in [0.1, 0.15) is 17.5 Å². The van der Waals surface area contributed by atoms with Crippen LogP contribution in [-0.4, -0.2) is 16.9 Å². The normalized spacial score (nSPS) is 11.2. The maximum Gasteiger partial charge on any atom is 0.442 e. The molecule has 0 saturated carbocycles. The number of nitrogens with zero attached hydrogens (tertiary/aromatic N) is 3. The summed E-state index contributed by atoms with van der Waals surface area (Å²) < 4.78 is 24.9. The zero-order valence-electron chi connectivity index (χ0n) is 12.1. The van der Waals surface area contributed by atoms with E-state index in [2.05, 4.69) is 5.10 Å². The quantitative estimate of drug-likeness (QED) is 0.846. The van der Waals surface area contributed by atoms with Crippen molar-refractivity contribution >= 4 is 0 Å². The molecule has 0 N–H and O–H groups in total. The van der Waals surface area contributed by atoms with Crippen molar-refractivity contribution in [2.24, 2.45) is 0 Å². The molecule has 0 amide bonds. The average Bonchev–Trinajstić information content (AvgIpc) is 2.80. The molecule has 2 aromatic rings. The van der Waals surface area contributed by atoms with Gasteiger partial charge in [-0.3, -0.25) is 0 Å². The fraction of sp³-hybridized carbons (Fsp3) is 0.357. The highest BCUT2D eigenvalue weighted by Gasteiger charge is 2.24. The molecule has 2 rings (SSSR count). The van der Waals surface area contributed by atoms with Gasteiger partial charge >= 0.3 is 5.76 Å². The Bertz CT molecular complexity index is 778. The van der Waals surface area contributed by atoms with Crippen molar-refractivity contribution in [3.05, 3.63) is 40.0 Å². The van der Waals surface area contributed by atoms with E-state index < -0.39 is 17.0 Å². The number of hydrogen-bond donors (Lipinski definition) is 0. The van der Waals surface area contributed by atoms with E-state index in [-0.39, 0.29) is 22.9 Å². The summed E-state index contributed by atoms with van der Waals surface area (Å²) in [6.07, 6.45) is 0. The molecule has 110 valence electrons. The molecule has 0 spiro atoms. The van der Waals surface area contributed by atoms with Crippen molar-refractivity contribution in [2.45, 2.75) is 26.2 Å². The van der Waals surface area contributed by atoms with Crippen LogP contribution in [0, 0.1) is 17.1 Å². The molecule has 0 aliphatic rings. The predicted molar refractivity (Wildman–Crippen MR) is 72.0 cm³/mol. The van der Waals surface area contributed by atoms with E-state index in [9.17, 15) is 9.18 Å². The zero-order valence-corrected chi connectivity index (χ0v) is 12.1. The lowest BCUT2D eigenvalue weighted by molar-refractivity contribution is 0.375. The van der Waals surface area contributed by atoms with Crippen LogP contribution in [0.2, 0.25) is 0 Å². The van der Waals surface area contributed by atoms with E-state index >= 15 is 0 Å². The molecule has 0 saturated heterocycles. The van der Waals surface area contributed by atoms with Gasteiger partial charge in [-0.25, -0.2) is 9.18 Å². The van der Waals surface area contributed by atoms with Gasteiger partial charge in [-0.05, 0) is 6.07 Å². The molecule has 0 atom stereocenters. The molecule has 1 aromatic heterocycles. The van der Waals surface area contributed by atoms with Crippen LogP contribution in [0.4, 0.5) is 4.39 Å². The maximum atomic E-state index is 14.1. The molecule has 6 nitrogen and oxygen atoms in total. The van der Waals surface area contributed by atoms with E-state index in [1.165, 1.54) is 13.2 Å². The molecule has 0 aliphatic carbocycles. The summed E-state index contributed by atoms with van der Waals surface area (Å²) in [5.74, 6) is -1.22. The monoisotopic (exact) mass is 291 g/mol. The van der Waals surface area contributed by atoms with Crippen LogP contribution in [-0.2, 0) is 5.41 Å². The van der Waals surface area contributed by atoms with Crippen molar-refractivity contribution in [1.82, 2.24) is 9.78 Å². The van der Waals surface area contributed by atoms with Crippen molar-refractivity contribution in [3.8, 4) is 17.5 Å². The lowest BCUT2D eigenvalue weighted by Gasteiger charge is -2.11. The Morgan fingerprint density at radius 3 is 2.57 bits per heavy atom. The molecule has 7 heteroatoms. The second kappa shape index (κ2) is 5.05. The fourth-order valence-corrected chi connectivity index (χ4v) is 1.69. The zero-order chi connectivity index (χ0) is 15.8.